The Morgan fingerprint density at radius 2 is 1.25 bits per heavy atom. The first-order valence-corrected chi connectivity index (χ1v) is 24.7. The van der Waals surface area contributed by atoms with E-state index < -0.39 is 157 Å². The summed E-state index contributed by atoms with van der Waals surface area (Å²) in [5.41, 5.74) is 2.19. The lowest BCUT2D eigenvalue weighted by molar-refractivity contribution is -0.161. The van der Waals surface area contributed by atoms with E-state index in [-0.39, 0.29) is 64.6 Å². The van der Waals surface area contributed by atoms with Crippen LogP contribution in [0.25, 0.3) is 11.5 Å². The van der Waals surface area contributed by atoms with Gasteiger partial charge in [0.1, 0.15) is 40.2 Å². The predicted molar refractivity (Wildman–Crippen MR) is 271 cm³/mol. The molecule has 10 atom stereocenters. The Bertz CT molecular complexity index is 2970. The number of phenolic OH excluding ortho intramolecular Hbond substituents is 2. The number of phenols is 2. The minimum absolute atomic E-state index is 0.0752. The third kappa shape index (κ3) is 9.05. The third-order valence-electron chi connectivity index (χ3n) is 15.9. The maximum atomic E-state index is 15.8. The van der Waals surface area contributed by atoms with Crippen molar-refractivity contribution in [2.75, 3.05) is 40.6 Å². The fourth-order valence-corrected chi connectivity index (χ4v) is 12.4. The highest BCUT2D eigenvalue weighted by molar-refractivity contribution is 6.32. The van der Waals surface area contributed by atoms with Crippen molar-refractivity contribution in [1.29, 1.82) is 0 Å². The number of benzene rings is 2. The van der Waals surface area contributed by atoms with Crippen LogP contribution in [0.15, 0.2) is 52.3 Å². The molecule has 22 heteroatoms. The maximum absolute atomic E-state index is 15.8. The lowest BCUT2D eigenvalue weighted by Gasteiger charge is -2.51. The highest BCUT2D eigenvalue weighted by atomic mass is 19.1. The molecule has 8 rings (SSSR count). The van der Waals surface area contributed by atoms with Gasteiger partial charge >= 0.3 is 0 Å². The molecule has 0 spiro atoms. The number of aromatic hydroxyl groups is 2. The molecule has 2 fully saturated rings. The van der Waals surface area contributed by atoms with Crippen molar-refractivity contribution in [3.8, 4) is 11.5 Å². The van der Waals surface area contributed by atoms with E-state index in [0.717, 1.165) is 25.3 Å². The minimum atomic E-state index is -2.81. The van der Waals surface area contributed by atoms with Crippen molar-refractivity contribution in [2.45, 2.75) is 108 Å². The zero-order valence-corrected chi connectivity index (χ0v) is 43.9. The van der Waals surface area contributed by atoms with Gasteiger partial charge < -0.3 is 62.5 Å². The van der Waals surface area contributed by atoms with Crippen molar-refractivity contribution >= 4 is 58.1 Å². The second-order valence-corrected chi connectivity index (χ2v) is 21.7. The van der Waals surface area contributed by atoms with E-state index in [1.165, 1.54) is 25.1 Å². The van der Waals surface area contributed by atoms with Crippen LogP contribution in [0.2, 0.25) is 0 Å². The standard InChI is InChI=1S/C30H38FN3O8.C23H25FN2O6.CH4O/c1-7-12-13-10-14-22(34(5)6)25(38)21(28(32)41)27(40)30(14,42)26(39)19(13)24(37)20-18(12)15(31)11-16(23(20)36)33-17(35)8-9-29(2,3)4;1-4-9-10-7-12-14(26(2)3)8-11(22(25)31)20(29)23(12,32)21(30)17(10)19(28)18-15(27)6-5-13(24)16(9)18;1-2/h11-14,22,36-37,40,42H,7-10H2,1-6H3,(H2,32,41)(H,33,35);5-6,8-10,12,14,27-28,32H,4,7H2,1-3H3,(H2,25,31);2H,1H3/t12-,13-,14+,22+,30+;9-,10-,12+,14-,23-;/m11./s1. The van der Waals surface area contributed by atoms with E-state index >= 15 is 4.39 Å². The molecule has 0 bridgehead atoms. The van der Waals surface area contributed by atoms with Crippen LogP contribution in [0.3, 0.4) is 0 Å². The fourth-order valence-electron chi connectivity index (χ4n) is 12.4. The summed E-state index contributed by atoms with van der Waals surface area (Å²) < 4.78 is 30.6. The van der Waals surface area contributed by atoms with Gasteiger partial charge in [0, 0.05) is 59.7 Å². The Morgan fingerprint density at radius 1 is 0.737 bits per heavy atom. The van der Waals surface area contributed by atoms with Crippen LogP contribution < -0.4 is 16.8 Å². The second-order valence-electron chi connectivity index (χ2n) is 21.7. The SMILES string of the molecule is CC[C@H]1c2c(F)cc(NC(=O)CCC(C)(C)C)c(O)c2C(O)=C2C(=O)[C@]3(O)C(O)=C(C(N)=O)C(=O)[C@@H](N(C)C)[C@@H]3C[C@@H]21.CC[C@H]1c2c(F)ccc(O)c2C(O)=C2C(=O)[C@]3(O)C(=O)C(C(N)=O)=C[C@@H](N(C)C)[C@@H]3C[C@@H]21.CO. The summed E-state index contributed by atoms with van der Waals surface area (Å²) in [5.74, 6) is -17.5. The van der Waals surface area contributed by atoms with Crippen LogP contribution in [0, 0.1) is 40.7 Å². The van der Waals surface area contributed by atoms with Gasteiger partial charge in [0.25, 0.3) is 11.8 Å². The first-order chi connectivity index (χ1) is 35.3. The van der Waals surface area contributed by atoms with Gasteiger partial charge in [-0.05, 0) is 102 Å². The number of hydrogen-bond acceptors (Lipinski definition) is 17. The van der Waals surface area contributed by atoms with Crippen LogP contribution >= 0.6 is 0 Å². The van der Waals surface area contributed by atoms with Crippen molar-refractivity contribution in [3.05, 3.63) is 86.2 Å². The number of ketones is 4. The number of rotatable bonds is 9. The Kier molecular flexibility index (Phi) is 16.1. The first-order valence-electron chi connectivity index (χ1n) is 24.7. The molecule has 2 saturated carbocycles. The van der Waals surface area contributed by atoms with Gasteiger partial charge in [0.05, 0.1) is 28.4 Å². The molecule has 6 aliphatic rings. The Morgan fingerprint density at radius 3 is 1.74 bits per heavy atom. The van der Waals surface area contributed by atoms with Crippen molar-refractivity contribution in [2.24, 2.45) is 40.6 Å². The van der Waals surface area contributed by atoms with E-state index in [2.05, 4.69) is 5.32 Å². The number of aliphatic hydroxyl groups is 6. The largest absolute Gasteiger partial charge is 0.508 e. The van der Waals surface area contributed by atoms with Crippen molar-refractivity contribution < 1.29 is 83.2 Å². The maximum Gasteiger partial charge on any atom is 0.255 e. The summed E-state index contributed by atoms with van der Waals surface area (Å²) in [7, 11) is 7.35. The molecule has 0 saturated heterocycles. The number of likely N-dealkylation sites (N-methyl/N-ethyl adjacent to an activating group) is 2. The molecule has 6 aliphatic carbocycles. The average molecular weight is 1060 g/mol. The molecule has 0 radical (unpaired) electrons. The van der Waals surface area contributed by atoms with E-state index in [4.69, 9.17) is 16.6 Å². The molecule has 0 heterocycles. The van der Waals surface area contributed by atoms with Crippen LogP contribution in [0.4, 0.5) is 14.5 Å². The number of nitrogens with zero attached hydrogens (tertiary/aromatic N) is 2. The number of Topliss-reactive ketones (excluding diaryl/α,β-unsaturated/α-hetero) is 4. The zero-order valence-electron chi connectivity index (χ0n) is 43.9. The molecule has 2 aromatic carbocycles. The number of aliphatic hydroxyl groups excluding tert-OH is 4. The molecule has 13 N–H and O–H groups in total. The van der Waals surface area contributed by atoms with Gasteiger partial charge in [-0.15, -0.1) is 0 Å². The summed E-state index contributed by atoms with van der Waals surface area (Å²) in [6.45, 7) is 9.36. The number of carbonyl (C=O) groups excluding carboxylic acids is 7. The van der Waals surface area contributed by atoms with Gasteiger partial charge in [-0.25, -0.2) is 8.78 Å². The fraction of sp³-hybridized carbons (Fsp3) is 0.500. The van der Waals surface area contributed by atoms with Crippen LogP contribution in [-0.4, -0.2) is 150 Å². The van der Waals surface area contributed by atoms with Crippen molar-refractivity contribution in [1.82, 2.24) is 9.80 Å². The molecule has 412 valence electrons. The quantitative estimate of drug-likeness (QED) is 0.0971. The number of carbonyl (C=O) groups is 7. The number of fused-ring (bicyclic) bond motifs is 6. The number of nitrogens with one attached hydrogen (secondary N) is 1. The number of halogens is 2. The summed E-state index contributed by atoms with van der Waals surface area (Å²) in [6.07, 6.45) is 2.49. The first kappa shape index (κ1) is 58.4. The number of nitrogens with two attached hydrogens (primary N) is 2. The molecule has 20 nitrogen and oxygen atoms in total. The summed E-state index contributed by atoms with van der Waals surface area (Å²) >= 11 is 0. The molecule has 0 unspecified atom stereocenters. The van der Waals surface area contributed by atoms with Crippen LogP contribution in [0.1, 0.15) is 107 Å². The number of hydrogen-bond donors (Lipinski definition) is 11. The van der Waals surface area contributed by atoms with Crippen LogP contribution in [0.5, 0.6) is 11.5 Å². The van der Waals surface area contributed by atoms with Gasteiger partial charge in [0.15, 0.2) is 22.7 Å². The summed E-state index contributed by atoms with van der Waals surface area (Å²) in [5, 5.41) is 87.7. The number of amides is 3. The molecule has 0 aliphatic heterocycles. The molecule has 3 amide bonds. The topological polar surface area (TPSA) is 352 Å². The molecular weight excluding hydrogens is 997 g/mol. The molecule has 0 aromatic heterocycles. The Hall–Kier alpha value is -6.85. The Labute approximate surface area is 437 Å². The lowest BCUT2D eigenvalue weighted by atomic mass is 9.55. The monoisotopic (exact) mass is 1060 g/mol. The average Bonchev–Trinajstić information content (AvgIpc) is 3.36. The Balaban J connectivity index is 0.000000247. The molecule has 76 heavy (non-hydrogen) atoms. The highest BCUT2D eigenvalue weighted by Crippen LogP contribution is 2.59. The smallest absolute Gasteiger partial charge is 0.255 e. The van der Waals surface area contributed by atoms with Crippen molar-refractivity contribution in [3.63, 3.8) is 0 Å². The predicted octanol–water partition coefficient (Wildman–Crippen LogP) is 3.60. The van der Waals surface area contributed by atoms with E-state index in [0.29, 0.717) is 12.8 Å². The minimum Gasteiger partial charge on any atom is -0.508 e. The van der Waals surface area contributed by atoms with Gasteiger partial charge in [-0.3, -0.25) is 38.5 Å². The lowest BCUT2D eigenvalue weighted by Crippen LogP contribution is -2.66. The van der Waals surface area contributed by atoms with Gasteiger partial charge in [-0.2, -0.15) is 0 Å². The van der Waals surface area contributed by atoms with Crippen LogP contribution in [-0.2, 0) is 33.6 Å². The zero-order chi connectivity index (χ0) is 57.3. The van der Waals surface area contributed by atoms with E-state index in [1.54, 1.807) is 32.8 Å². The molecule has 2 aromatic rings. The van der Waals surface area contributed by atoms with E-state index in [9.17, 15) is 73.7 Å². The second kappa shape index (κ2) is 20.9. The van der Waals surface area contributed by atoms with Gasteiger partial charge in [0.2, 0.25) is 23.3 Å². The number of primary amides is 2. The summed E-state index contributed by atoms with van der Waals surface area (Å²) in [6, 6.07) is 1.21. The van der Waals surface area contributed by atoms with Gasteiger partial charge in [-0.1, -0.05) is 40.7 Å². The third-order valence-corrected chi connectivity index (χ3v) is 15.9. The van der Waals surface area contributed by atoms with E-state index in [1.807, 2.05) is 20.8 Å². The summed E-state index contributed by atoms with van der Waals surface area (Å²) in [4.78, 5) is 93.9. The molecular formula is C54H67F2N5O15. The number of anilines is 1. The normalized spacial score (nSPS) is 28.7. The highest BCUT2D eigenvalue weighted by Gasteiger charge is 2.66.